The first-order valence-corrected chi connectivity index (χ1v) is 6.00. The molecule has 0 saturated carbocycles. The summed E-state index contributed by atoms with van der Waals surface area (Å²) in [7, 11) is 0. The van der Waals surface area contributed by atoms with Gasteiger partial charge in [-0.05, 0) is 23.6 Å². The number of phenols is 2. The Kier molecular flexibility index (Phi) is 3.39. The lowest BCUT2D eigenvalue weighted by atomic mass is 10.2. The summed E-state index contributed by atoms with van der Waals surface area (Å²) in [5, 5.41) is 31.4. The van der Waals surface area contributed by atoms with E-state index in [1.54, 1.807) is 5.38 Å². The predicted octanol–water partition coefficient (Wildman–Crippen LogP) is 2.11. The lowest BCUT2D eigenvalue weighted by Crippen LogP contribution is -2.13. The van der Waals surface area contributed by atoms with Crippen LogP contribution in [-0.4, -0.2) is 27.2 Å². The Labute approximate surface area is 111 Å². The summed E-state index contributed by atoms with van der Waals surface area (Å²) in [4.78, 5) is 22.8. The maximum atomic E-state index is 11.9. The summed E-state index contributed by atoms with van der Waals surface area (Å²) < 4.78 is 0. The summed E-state index contributed by atoms with van der Waals surface area (Å²) in [5.74, 6) is -2.26. The third-order valence-electron chi connectivity index (χ3n) is 2.27. The number of carbonyl (C=O) groups is 2. The number of hydrogen-bond acceptors (Lipinski definition) is 5. The van der Waals surface area contributed by atoms with Gasteiger partial charge < -0.3 is 20.6 Å². The molecule has 1 amide bonds. The van der Waals surface area contributed by atoms with E-state index in [0.29, 0.717) is 0 Å². The fraction of sp³-hybridized carbons (Fsp3) is 0. The number of amides is 1. The third kappa shape index (κ3) is 2.83. The first-order valence-electron chi connectivity index (χ1n) is 5.12. The second kappa shape index (κ2) is 4.99. The van der Waals surface area contributed by atoms with E-state index in [-0.39, 0.29) is 27.6 Å². The molecular weight excluding hydrogens is 270 g/mol. The molecule has 7 heteroatoms. The van der Waals surface area contributed by atoms with E-state index in [4.69, 9.17) is 5.11 Å². The predicted molar refractivity (Wildman–Crippen MR) is 69.0 cm³/mol. The number of thiophene rings is 1. The smallest absolute Gasteiger partial charge is 0.348 e. The van der Waals surface area contributed by atoms with Crippen molar-refractivity contribution in [1.29, 1.82) is 0 Å². The number of nitrogens with one attached hydrogen (secondary N) is 1. The van der Waals surface area contributed by atoms with Gasteiger partial charge in [0, 0.05) is 11.6 Å². The highest BCUT2D eigenvalue weighted by atomic mass is 32.1. The van der Waals surface area contributed by atoms with Crippen LogP contribution in [0.3, 0.4) is 0 Å². The van der Waals surface area contributed by atoms with Crippen molar-refractivity contribution >= 4 is 28.9 Å². The molecule has 1 aromatic carbocycles. The quantitative estimate of drug-likeness (QED) is 0.688. The van der Waals surface area contributed by atoms with Crippen molar-refractivity contribution in [2.24, 2.45) is 0 Å². The number of carbonyl (C=O) groups excluding carboxylic acids is 1. The van der Waals surface area contributed by atoms with Crippen molar-refractivity contribution in [1.82, 2.24) is 0 Å². The Morgan fingerprint density at radius 2 is 1.74 bits per heavy atom. The summed E-state index contributed by atoms with van der Waals surface area (Å²) in [6.07, 6.45) is 0. The Balaban J connectivity index is 2.25. The Bertz CT molecular complexity index is 629. The number of hydrogen-bond donors (Lipinski definition) is 4. The molecule has 0 aliphatic heterocycles. The topological polar surface area (TPSA) is 107 Å². The molecular formula is C12H9NO5S. The zero-order valence-electron chi connectivity index (χ0n) is 9.45. The van der Waals surface area contributed by atoms with E-state index in [9.17, 15) is 19.8 Å². The van der Waals surface area contributed by atoms with E-state index in [1.165, 1.54) is 18.2 Å². The zero-order chi connectivity index (χ0) is 14.0. The SMILES string of the molecule is O=C(Nc1ccsc1C(=O)O)c1cc(O)cc(O)c1. The maximum Gasteiger partial charge on any atom is 0.348 e. The highest BCUT2D eigenvalue weighted by Gasteiger charge is 2.15. The monoisotopic (exact) mass is 279 g/mol. The van der Waals surface area contributed by atoms with Gasteiger partial charge in [-0.15, -0.1) is 11.3 Å². The van der Waals surface area contributed by atoms with Crippen LogP contribution in [0.5, 0.6) is 11.5 Å². The van der Waals surface area contributed by atoms with Gasteiger partial charge in [-0.1, -0.05) is 0 Å². The maximum absolute atomic E-state index is 11.9. The van der Waals surface area contributed by atoms with E-state index in [1.807, 2.05) is 0 Å². The molecule has 1 aromatic heterocycles. The molecule has 98 valence electrons. The van der Waals surface area contributed by atoms with E-state index in [2.05, 4.69) is 5.32 Å². The van der Waals surface area contributed by atoms with Gasteiger partial charge in [0.15, 0.2) is 0 Å². The summed E-state index contributed by atoms with van der Waals surface area (Å²) >= 11 is 0.988. The number of benzene rings is 1. The van der Waals surface area contributed by atoms with Gasteiger partial charge in [0.2, 0.25) is 0 Å². The van der Waals surface area contributed by atoms with Crippen molar-refractivity contribution in [3.05, 3.63) is 40.1 Å². The van der Waals surface area contributed by atoms with Gasteiger partial charge in [-0.2, -0.15) is 0 Å². The molecule has 0 saturated heterocycles. The van der Waals surface area contributed by atoms with Crippen molar-refractivity contribution in [3.8, 4) is 11.5 Å². The van der Waals surface area contributed by atoms with Crippen LogP contribution in [0, 0.1) is 0 Å². The first kappa shape index (κ1) is 12.9. The van der Waals surface area contributed by atoms with Crippen LogP contribution < -0.4 is 5.32 Å². The van der Waals surface area contributed by atoms with Gasteiger partial charge in [-0.3, -0.25) is 4.79 Å². The molecule has 2 rings (SSSR count). The van der Waals surface area contributed by atoms with Crippen LogP contribution in [0.1, 0.15) is 20.0 Å². The minimum Gasteiger partial charge on any atom is -0.508 e. The normalized spacial score (nSPS) is 10.1. The van der Waals surface area contributed by atoms with Gasteiger partial charge in [0.25, 0.3) is 5.91 Å². The summed E-state index contributed by atoms with van der Waals surface area (Å²) in [5.41, 5.74) is 0.199. The lowest BCUT2D eigenvalue weighted by Gasteiger charge is -2.05. The van der Waals surface area contributed by atoms with Crippen LogP contribution in [0.4, 0.5) is 5.69 Å². The molecule has 1 heterocycles. The first-order chi connectivity index (χ1) is 8.97. The van der Waals surface area contributed by atoms with Crippen LogP contribution in [0.15, 0.2) is 29.6 Å². The number of rotatable bonds is 3. The molecule has 0 fully saturated rings. The second-order valence-electron chi connectivity index (χ2n) is 3.66. The van der Waals surface area contributed by atoms with Gasteiger partial charge in [-0.25, -0.2) is 4.79 Å². The minimum absolute atomic E-state index is 0.0118. The zero-order valence-corrected chi connectivity index (χ0v) is 10.3. The fourth-order valence-corrected chi connectivity index (χ4v) is 2.18. The molecule has 2 aromatic rings. The molecule has 0 unspecified atom stereocenters. The van der Waals surface area contributed by atoms with Crippen LogP contribution in [-0.2, 0) is 0 Å². The average Bonchev–Trinajstić information content (AvgIpc) is 2.75. The van der Waals surface area contributed by atoms with Gasteiger partial charge in [0.1, 0.15) is 16.4 Å². The van der Waals surface area contributed by atoms with Crippen molar-refractivity contribution in [2.75, 3.05) is 5.32 Å². The largest absolute Gasteiger partial charge is 0.508 e. The number of phenolic OH excluding ortho intramolecular Hbond substituents is 2. The number of aromatic hydroxyl groups is 2. The molecule has 0 spiro atoms. The standard InChI is InChI=1S/C12H9NO5S/c14-7-3-6(4-8(15)5-7)11(16)13-9-1-2-19-10(9)12(17)18/h1-5,14-15H,(H,13,16)(H,17,18). The Hall–Kier alpha value is -2.54. The van der Waals surface area contributed by atoms with Crippen LogP contribution in [0.2, 0.25) is 0 Å². The minimum atomic E-state index is -1.14. The summed E-state index contributed by atoms with van der Waals surface area (Å²) in [6.45, 7) is 0. The molecule has 0 radical (unpaired) electrons. The third-order valence-corrected chi connectivity index (χ3v) is 3.17. The molecule has 0 aliphatic rings. The van der Waals surface area contributed by atoms with E-state index >= 15 is 0 Å². The molecule has 0 bridgehead atoms. The van der Waals surface area contributed by atoms with Crippen LogP contribution in [0.25, 0.3) is 0 Å². The number of anilines is 1. The van der Waals surface area contributed by atoms with Crippen molar-refractivity contribution in [2.45, 2.75) is 0 Å². The Morgan fingerprint density at radius 3 is 2.32 bits per heavy atom. The fourth-order valence-electron chi connectivity index (χ4n) is 1.49. The molecule has 0 atom stereocenters. The highest BCUT2D eigenvalue weighted by Crippen LogP contribution is 2.25. The molecule has 4 N–H and O–H groups in total. The van der Waals surface area contributed by atoms with Gasteiger partial charge in [0.05, 0.1) is 5.69 Å². The van der Waals surface area contributed by atoms with E-state index < -0.39 is 11.9 Å². The van der Waals surface area contributed by atoms with Crippen molar-refractivity contribution < 1.29 is 24.9 Å². The highest BCUT2D eigenvalue weighted by molar-refractivity contribution is 7.12. The summed E-state index contributed by atoms with van der Waals surface area (Å²) in [6, 6.07) is 4.89. The number of carboxylic acids is 1. The van der Waals surface area contributed by atoms with Gasteiger partial charge >= 0.3 is 5.97 Å². The van der Waals surface area contributed by atoms with Crippen molar-refractivity contribution in [3.63, 3.8) is 0 Å². The average molecular weight is 279 g/mol. The molecule has 6 nitrogen and oxygen atoms in total. The van der Waals surface area contributed by atoms with E-state index in [0.717, 1.165) is 17.4 Å². The lowest BCUT2D eigenvalue weighted by molar-refractivity contribution is 0.0703. The number of carboxylic acid groups (broad SMARTS) is 1. The van der Waals surface area contributed by atoms with Crippen LogP contribution >= 0.6 is 11.3 Å². The Morgan fingerprint density at radius 1 is 1.11 bits per heavy atom. The molecule has 0 aliphatic carbocycles. The second-order valence-corrected chi connectivity index (χ2v) is 4.58. The number of aromatic carboxylic acids is 1. The molecule has 19 heavy (non-hydrogen) atoms.